The Bertz CT molecular complexity index is 715. The van der Waals surface area contributed by atoms with Crippen LogP contribution in [0.25, 0.3) is 0 Å². The highest BCUT2D eigenvalue weighted by atomic mass is 19.4. The van der Waals surface area contributed by atoms with Crippen LogP contribution in [0.2, 0.25) is 0 Å². The number of carboxylic acid groups (broad SMARTS) is 1. The lowest BCUT2D eigenvalue weighted by atomic mass is 9.98. The molecule has 1 aromatic heterocycles. The topological polar surface area (TPSA) is 53.4 Å². The Morgan fingerprint density at radius 1 is 1.22 bits per heavy atom. The number of alkyl halides is 5. The largest absolute Gasteiger partial charge is 0.478 e. The Morgan fingerprint density at radius 3 is 2.22 bits per heavy atom. The molecule has 0 aromatic carbocycles. The zero-order valence-electron chi connectivity index (χ0n) is 15.5. The molecule has 0 unspecified atom stereocenters. The van der Waals surface area contributed by atoms with Crippen LogP contribution >= 0.6 is 0 Å². The van der Waals surface area contributed by atoms with Gasteiger partial charge in [0.2, 0.25) is 5.92 Å². The Hall–Kier alpha value is -1.93. The van der Waals surface area contributed by atoms with Crippen molar-refractivity contribution in [2.24, 2.45) is 0 Å². The van der Waals surface area contributed by atoms with Crippen molar-refractivity contribution in [3.63, 3.8) is 0 Å². The fourth-order valence-electron chi connectivity index (χ4n) is 3.09. The summed E-state index contributed by atoms with van der Waals surface area (Å²) in [5.41, 5.74) is -2.18. The van der Waals surface area contributed by atoms with Gasteiger partial charge >= 0.3 is 12.1 Å². The first-order valence-electron chi connectivity index (χ1n) is 8.90. The zero-order valence-corrected chi connectivity index (χ0v) is 15.5. The van der Waals surface area contributed by atoms with E-state index < -0.39 is 41.2 Å². The van der Waals surface area contributed by atoms with E-state index in [4.69, 9.17) is 0 Å². The number of carboxylic acids is 1. The van der Waals surface area contributed by atoms with Gasteiger partial charge in [-0.25, -0.2) is 18.6 Å². The SMILES string of the molecule is CCN(CCC(F)(F)CC)c1nc(C2CC2)c(C(F)(F)F)c(C)c1C(=O)O. The van der Waals surface area contributed by atoms with Gasteiger partial charge in [-0.1, -0.05) is 6.92 Å². The molecule has 0 atom stereocenters. The van der Waals surface area contributed by atoms with Crippen molar-refractivity contribution in [1.82, 2.24) is 4.98 Å². The third-order valence-corrected chi connectivity index (χ3v) is 4.86. The summed E-state index contributed by atoms with van der Waals surface area (Å²) in [6.07, 6.45) is -4.55. The number of aromatic carboxylic acids is 1. The van der Waals surface area contributed by atoms with Gasteiger partial charge in [0, 0.05) is 31.8 Å². The van der Waals surface area contributed by atoms with Crippen molar-refractivity contribution in [2.75, 3.05) is 18.0 Å². The minimum Gasteiger partial charge on any atom is -0.478 e. The normalized spacial score (nSPS) is 15.1. The molecule has 4 nitrogen and oxygen atoms in total. The van der Waals surface area contributed by atoms with Crippen LogP contribution in [-0.2, 0) is 6.18 Å². The first-order valence-corrected chi connectivity index (χ1v) is 8.90. The van der Waals surface area contributed by atoms with Crippen molar-refractivity contribution < 1.29 is 31.9 Å². The Kier molecular flexibility index (Phi) is 6.01. The van der Waals surface area contributed by atoms with Crippen LogP contribution in [0.3, 0.4) is 0 Å². The standard InChI is InChI=1S/C18H23F5N2O2/c1-4-17(19,20)8-9-25(5-2)15-12(16(26)27)10(3)13(18(21,22)23)14(24-15)11-6-7-11/h11H,4-9H2,1-3H3,(H,26,27). The maximum absolute atomic E-state index is 13.6. The molecule has 9 heteroatoms. The second kappa shape index (κ2) is 7.59. The molecule has 0 aliphatic heterocycles. The van der Waals surface area contributed by atoms with Crippen LogP contribution in [-0.4, -0.2) is 35.1 Å². The van der Waals surface area contributed by atoms with Crippen molar-refractivity contribution in [3.05, 3.63) is 22.4 Å². The number of hydrogen-bond acceptors (Lipinski definition) is 3. The predicted molar refractivity (Wildman–Crippen MR) is 90.7 cm³/mol. The Morgan fingerprint density at radius 2 is 1.81 bits per heavy atom. The number of hydrogen-bond donors (Lipinski definition) is 1. The van der Waals surface area contributed by atoms with Crippen molar-refractivity contribution in [3.8, 4) is 0 Å². The van der Waals surface area contributed by atoms with E-state index in [2.05, 4.69) is 4.98 Å². The molecule has 0 amide bonds. The van der Waals surface area contributed by atoms with Gasteiger partial charge in [0.1, 0.15) is 11.4 Å². The molecular formula is C18H23F5N2O2. The predicted octanol–water partition coefficient (Wildman–Crippen LogP) is 5.25. The van der Waals surface area contributed by atoms with Crippen LogP contribution < -0.4 is 4.90 Å². The summed E-state index contributed by atoms with van der Waals surface area (Å²) >= 11 is 0. The highest BCUT2D eigenvalue weighted by molar-refractivity contribution is 5.95. The quantitative estimate of drug-likeness (QED) is 0.612. The molecule has 0 radical (unpaired) electrons. The van der Waals surface area contributed by atoms with Crippen LogP contribution in [0.15, 0.2) is 0 Å². The lowest BCUT2D eigenvalue weighted by molar-refractivity contribution is -0.139. The molecule has 1 N–H and O–H groups in total. The number of anilines is 1. The van der Waals surface area contributed by atoms with Crippen molar-refractivity contribution in [1.29, 1.82) is 0 Å². The molecule has 2 rings (SSSR count). The second-order valence-corrected chi connectivity index (χ2v) is 6.81. The minimum absolute atomic E-state index is 0.155. The molecule has 1 heterocycles. The van der Waals surface area contributed by atoms with E-state index in [1.807, 2.05) is 0 Å². The molecule has 1 aromatic rings. The number of halogens is 5. The number of pyridine rings is 1. The highest BCUT2D eigenvalue weighted by Crippen LogP contribution is 2.48. The van der Waals surface area contributed by atoms with Gasteiger partial charge in [0.25, 0.3) is 0 Å². The van der Waals surface area contributed by atoms with Crippen molar-refractivity contribution in [2.45, 2.75) is 64.5 Å². The molecule has 27 heavy (non-hydrogen) atoms. The van der Waals surface area contributed by atoms with E-state index in [9.17, 15) is 31.9 Å². The van der Waals surface area contributed by atoms with Crippen LogP contribution in [0.5, 0.6) is 0 Å². The summed E-state index contributed by atoms with van der Waals surface area (Å²) in [7, 11) is 0. The van der Waals surface area contributed by atoms with Crippen LogP contribution in [0.4, 0.5) is 27.8 Å². The van der Waals surface area contributed by atoms with E-state index >= 15 is 0 Å². The van der Waals surface area contributed by atoms with Gasteiger partial charge < -0.3 is 10.0 Å². The molecule has 1 aliphatic carbocycles. The van der Waals surface area contributed by atoms with E-state index in [-0.39, 0.29) is 36.9 Å². The molecule has 1 fully saturated rings. The lowest BCUT2D eigenvalue weighted by Gasteiger charge is -2.28. The Balaban J connectivity index is 2.59. The smallest absolute Gasteiger partial charge is 0.418 e. The average Bonchev–Trinajstić information content (AvgIpc) is 3.37. The molecule has 1 saturated carbocycles. The molecule has 1 aliphatic rings. The molecule has 152 valence electrons. The van der Waals surface area contributed by atoms with Gasteiger partial charge in [-0.3, -0.25) is 0 Å². The molecular weight excluding hydrogens is 371 g/mol. The number of carbonyl (C=O) groups is 1. The fourth-order valence-corrected chi connectivity index (χ4v) is 3.09. The number of aromatic nitrogens is 1. The summed E-state index contributed by atoms with van der Waals surface area (Å²) in [4.78, 5) is 17.1. The van der Waals surface area contributed by atoms with Crippen molar-refractivity contribution >= 4 is 11.8 Å². The lowest BCUT2D eigenvalue weighted by Crippen LogP contribution is -2.32. The maximum atomic E-state index is 13.6. The van der Waals surface area contributed by atoms with Crippen LogP contribution in [0, 0.1) is 6.92 Å². The van der Waals surface area contributed by atoms with Gasteiger partial charge in [0.05, 0.1) is 11.3 Å². The fraction of sp³-hybridized carbons (Fsp3) is 0.667. The summed E-state index contributed by atoms with van der Waals surface area (Å²) in [5, 5.41) is 9.52. The average molecular weight is 394 g/mol. The first kappa shape index (κ1) is 21.4. The third-order valence-electron chi connectivity index (χ3n) is 4.86. The Labute approximate surface area is 154 Å². The summed E-state index contributed by atoms with van der Waals surface area (Å²) < 4.78 is 67.9. The monoisotopic (exact) mass is 394 g/mol. The minimum atomic E-state index is -4.73. The number of rotatable bonds is 8. The maximum Gasteiger partial charge on any atom is 0.418 e. The summed E-state index contributed by atoms with van der Waals surface area (Å²) in [5.74, 6) is -5.03. The van der Waals surface area contributed by atoms with Gasteiger partial charge in [-0.2, -0.15) is 13.2 Å². The second-order valence-electron chi connectivity index (χ2n) is 6.81. The first-order chi connectivity index (χ1) is 12.4. The van der Waals surface area contributed by atoms with Crippen LogP contribution in [0.1, 0.15) is 72.6 Å². The number of nitrogens with zero attached hydrogens (tertiary/aromatic N) is 2. The molecule has 0 saturated heterocycles. The van der Waals surface area contributed by atoms with Gasteiger partial charge in [-0.05, 0) is 32.3 Å². The molecule has 0 spiro atoms. The summed E-state index contributed by atoms with van der Waals surface area (Å²) in [6, 6.07) is 0. The zero-order chi connectivity index (χ0) is 20.6. The van der Waals surface area contributed by atoms with Gasteiger partial charge in [-0.15, -0.1) is 0 Å². The van der Waals surface area contributed by atoms with E-state index in [0.717, 1.165) is 6.92 Å². The van der Waals surface area contributed by atoms with E-state index in [1.54, 1.807) is 6.92 Å². The van der Waals surface area contributed by atoms with E-state index in [1.165, 1.54) is 11.8 Å². The molecule has 0 bridgehead atoms. The van der Waals surface area contributed by atoms with E-state index in [0.29, 0.717) is 12.8 Å². The van der Waals surface area contributed by atoms with Gasteiger partial charge in [0.15, 0.2) is 0 Å². The third kappa shape index (κ3) is 4.68. The summed E-state index contributed by atoms with van der Waals surface area (Å²) in [6.45, 7) is 4.03. The highest BCUT2D eigenvalue weighted by Gasteiger charge is 2.43.